The number of thiophene rings is 1. The number of likely N-dealkylation sites (tertiary alicyclic amines) is 1. The molecule has 2 aliphatic heterocycles. The quantitative estimate of drug-likeness (QED) is 0.251. The molecule has 11 heteroatoms. The van der Waals surface area contributed by atoms with Gasteiger partial charge in [0.25, 0.3) is 0 Å². The zero-order valence-electron chi connectivity index (χ0n) is 22.2. The molecule has 0 unspecified atom stereocenters. The molecule has 0 radical (unpaired) electrons. The molecule has 3 aromatic heterocycles. The molecule has 204 valence electrons. The number of aromatic amines is 1. The van der Waals surface area contributed by atoms with Crippen LogP contribution in [0.1, 0.15) is 35.4 Å². The number of benzene rings is 1. The van der Waals surface area contributed by atoms with Gasteiger partial charge in [0.15, 0.2) is 5.82 Å². The van der Waals surface area contributed by atoms with Crippen LogP contribution in [0, 0.1) is 0 Å². The fourth-order valence-corrected chi connectivity index (χ4v) is 6.34. The monoisotopic (exact) mass is 547 g/mol. The number of esters is 1. The molecule has 0 saturated carbocycles. The highest BCUT2D eigenvalue weighted by atomic mass is 32.1. The van der Waals surface area contributed by atoms with E-state index in [1.165, 1.54) is 57.2 Å². The minimum Gasteiger partial charge on any atom is -0.494 e. The van der Waals surface area contributed by atoms with Gasteiger partial charge in [0.1, 0.15) is 16.1 Å². The molecule has 2 saturated heterocycles. The molecule has 3 N–H and O–H groups in total. The third-order valence-electron chi connectivity index (χ3n) is 7.61. The summed E-state index contributed by atoms with van der Waals surface area (Å²) in [4.78, 5) is 30.3. The van der Waals surface area contributed by atoms with E-state index in [-0.39, 0.29) is 0 Å². The van der Waals surface area contributed by atoms with Gasteiger partial charge >= 0.3 is 5.97 Å². The van der Waals surface area contributed by atoms with Crippen LogP contribution in [-0.4, -0.2) is 72.3 Å². The van der Waals surface area contributed by atoms with Crippen molar-refractivity contribution in [3.63, 3.8) is 0 Å². The summed E-state index contributed by atoms with van der Waals surface area (Å²) in [5.41, 5.74) is 4.04. The number of anilines is 5. The molecule has 1 aromatic carbocycles. The Morgan fingerprint density at radius 1 is 1.03 bits per heavy atom. The van der Waals surface area contributed by atoms with Gasteiger partial charge in [0, 0.05) is 37.1 Å². The third-order valence-corrected chi connectivity index (χ3v) is 8.51. The molecule has 10 nitrogen and oxygen atoms in total. The lowest BCUT2D eigenvalue weighted by atomic mass is 10.0. The molecule has 4 aromatic rings. The summed E-state index contributed by atoms with van der Waals surface area (Å²) in [7, 11) is 3.05. The van der Waals surface area contributed by atoms with E-state index in [2.05, 4.69) is 42.5 Å². The normalized spacial score (nSPS) is 16.5. The largest absolute Gasteiger partial charge is 0.494 e. The first kappa shape index (κ1) is 25.4. The molecule has 0 bridgehead atoms. The van der Waals surface area contributed by atoms with Gasteiger partial charge in [-0.25, -0.2) is 9.78 Å². The SMILES string of the molecule is COC(=O)c1sccc1Nc1nc(Nc2ccc(N3CCC(N4CCCC4)CC3)cc2OC)nc2cc[nH]c12. The maximum absolute atomic E-state index is 12.2. The van der Waals surface area contributed by atoms with E-state index in [0.717, 1.165) is 41.2 Å². The minimum absolute atomic E-state index is 0.396. The standard InChI is InChI=1S/C28H33N7O3S/c1-37-23-17-19(35-14-8-18(9-15-35)34-12-3-4-13-34)5-6-20(23)31-28-32-21-7-11-29-24(21)26(33-28)30-22-10-16-39-25(22)27(36)38-2/h5-7,10-11,16-18,29H,3-4,8-9,12-15H2,1-2H3,(H2,30,31,32,33). The van der Waals surface area contributed by atoms with Gasteiger partial charge in [0.2, 0.25) is 5.95 Å². The van der Waals surface area contributed by atoms with Gasteiger partial charge in [0.05, 0.1) is 31.1 Å². The molecule has 2 fully saturated rings. The second-order valence-corrected chi connectivity index (χ2v) is 10.8. The second-order valence-electron chi connectivity index (χ2n) is 9.88. The molecular formula is C28H33N7O3S. The number of H-pyrrole nitrogens is 1. The number of hydrogen-bond acceptors (Lipinski definition) is 10. The highest BCUT2D eigenvalue weighted by molar-refractivity contribution is 7.12. The van der Waals surface area contributed by atoms with Crippen molar-refractivity contribution in [2.24, 2.45) is 0 Å². The van der Waals surface area contributed by atoms with E-state index in [9.17, 15) is 4.79 Å². The molecule has 39 heavy (non-hydrogen) atoms. The highest BCUT2D eigenvalue weighted by Gasteiger charge is 2.27. The topological polar surface area (TPSA) is 108 Å². The van der Waals surface area contributed by atoms with Crippen LogP contribution in [0.5, 0.6) is 5.75 Å². The number of piperidine rings is 1. The number of nitrogens with one attached hydrogen (secondary N) is 3. The van der Waals surface area contributed by atoms with Crippen LogP contribution < -0.4 is 20.3 Å². The Hall–Kier alpha value is -3.83. The van der Waals surface area contributed by atoms with Crippen LogP contribution in [-0.2, 0) is 4.74 Å². The Morgan fingerprint density at radius 2 is 1.85 bits per heavy atom. The van der Waals surface area contributed by atoms with Crippen LogP contribution in [0.15, 0.2) is 41.9 Å². The summed E-state index contributed by atoms with van der Waals surface area (Å²) in [6.45, 7) is 4.61. The van der Waals surface area contributed by atoms with E-state index in [4.69, 9.17) is 14.5 Å². The predicted molar refractivity (Wildman–Crippen MR) is 155 cm³/mol. The summed E-state index contributed by atoms with van der Waals surface area (Å²) in [5.74, 6) is 1.30. The number of nitrogens with zero attached hydrogens (tertiary/aromatic N) is 4. The van der Waals surface area contributed by atoms with Gasteiger partial charge in [-0.3, -0.25) is 0 Å². The number of methoxy groups -OCH3 is 2. The first-order valence-electron chi connectivity index (χ1n) is 13.3. The Bertz CT molecular complexity index is 1450. The molecule has 0 atom stereocenters. The van der Waals surface area contributed by atoms with Crippen LogP contribution in [0.25, 0.3) is 11.0 Å². The number of fused-ring (bicyclic) bond motifs is 1. The van der Waals surface area contributed by atoms with Crippen molar-refractivity contribution in [3.8, 4) is 5.75 Å². The van der Waals surface area contributed by atoms with E-state index < -0.39 is 5.97 Å². The molecular weight excluding hydrogens is 514 g/mol. The van der Waals surface area contributed by atoms with Crippen molar-refractivity contribution in [3.05, 3.63) is 46.8 Å². The lowest BCUT2D eigenvalue weighted by Gasteiger charge is -2.38. The summed E-state index contributed by atoms with van der Waals surface area (Å²) in [6.07, 6.45) is 6.89. The van der Waals surface area contributed by atoms with E-state index >= 15 is 0 Å². The molecule has 5 heterocycles. The van der Waals surface area contributed by atoms with Gasteiger partial charge in [-0.05, 0) is 68.4 Å². The minimum atomic E-state index is -0.396. The zero-order valence-corrected chi connectivity index (χ0v) is 23.0. The van der Waals surface area contributed by atoms with Gasteiger partial charge in [-0.15, -0.1) is 11.3 Å². The van der Waals surface area contributed by atoms with Crippen molar-refractivity contribution in [2.75, 3.05) is 55.9 Å². The average Bonchev–Trinajstić information content (AvgIpc) is 3.75. The Kier molecular flexibility index (Phi) is 7.25. The number of hydrogen-bond donors (Lipinski definition) is 3. The third kappa shape index (κ3) is 5.24. The van der Waals surface area contributed by atoms with Crippen LogP contribution in [0.3, 0.4) is 0 Å². The maximum Gasteiger partial charge on any atom is 0.350 e. The second kappa shape index (κ2) is 11.1. The Morgan fingerprint density at radius 3 is 2.62 bits per heavy atom. The summed E-state index contributed by atoms with van der Waals surface area (Å²) in [5, 5.41) is 8.44. The van der Waals surface area contributed by atoms with E-state index in [0.29, 0.717) is 28.4 Å². The highest BCUT2D eigenvalue weighted by Crippen LogP contribution is 2.35. The number of aromatic nitrogens is 3. The fraction of sp³-hybridized carbons (Fsp3) is 0.393. The molecule has 0 amide bonds. The predicted octanol–water partition coefficient (Wildman–Crippen LogP) is 5.37. The first-order chi connectivity index (χ1) is 19.1. The number of carbonyl (C=O) groups excluding carboxylic acids is 1. The lowest BCUT2D eigenvalue weighted by molar-refractivity contribution is 0.0607. The number of ether oxygens (including phenoxy) is 2. The van der Waals surface area contributed by atoms with Gasteiger partial charge in [-0.1, -0.05) is 0 Å². The molecule has 0 aliphatic carbocycles. The van der Waals surface area contributed by atoms with Crippen molar-refractivity contribution < 1.29 is 14.3 Å². The summed E-state index contributed by atoms with van der Waals surface area (Å²) >= 11 is 1.31. The number of rotatable bonds is 8. The summed E-state index contributed by atoms with van der Waals surface area (Å²) in [6, 6.07) is 10.7. The Labute approximate surface area is 231 Å². The average molecular weight is 548 g/mol. The fourth-order valence-electron chi connectivity index (χ4n) is 5.57. The van der Waals surface area contributed by atoms with Crippen molar-refractivity contribution in [1.29, 1.82) is 0 Å². The summed E-state index contributed by atoms with van der Waals surface area (Å²) < 4.78 is 10.7. The van der Waals surface area contributed by atoms with Crippen LogP contribution >= 0.6 is 11.3 Å². The lowest BCUT2D eigenvalue weighted by Crippen LogP contribution is -2.43. The Balaban J connectivity index is 1.21. The van der Waals surface area contributed by atoms with Crippen LogP contribution in [0.2, 0.25) is 0 Å². The van der Waals surface area contributed by atoms with Crippen LogP contribution in [0.4, 0.5) is 28.8 Å². The first-order valence-corrected chi connectivity index (χ1v) is 14.2. The number of carbonyl (C=O) groups is 1. The van der Waals surface area contributed by atoms with Crippen molar-refractivity contribution >= 4 is 57.2 Å². The van der Waals surface area contributed by atoms with E-state index in [1.807, 2.05) is 29.8 Å². The molecule has 6 rings (SSSR count). The van der Waals surface area contributed by atoms with Crippen molar-refractivity contribution in [1.82, 2.24) is 19.9 Å². The molecule has 0 spiro atoms. The van der Waals surface area contributed by atoms with E-state index in [1.54, 1.807) is 7.11 Å². The maximum atomic E-state index is 12.2. The van der Waals surface area contributed by atoms with Crippen molar-refractivity contribution in [2.45, 2.75) is 31.7 Å². The van der Waals surface area contributed by atoms with Gasteiger partial charge in [-0.2, -0.15) is 4.98 Å². The molecule has 2 aliphatic rings. The van der Waals surface area contributed by atoms with Gasteiger partial charge < -0.3 is 34.9 Å². The smallest absolute Gasteiger partial charge is 0.350 e. The zero-order chi connectivity index (χ0) is 26.8.